The van der Waals surface area contributed by atoms with Gasteiger partial charge in [-0.1, -0.05) is 6.07 Å². The molecule has 1 aromatic heterocycles. The van der Waals surface area contributed by atoms with E-state index in [1.165, 1.54) is 6.07 Å². The zero-order chi connectivity index (χ0) is 13.0. The lowest BCUT2D eigenvalue weighted by molar-refractivity contribution is 0.0684. The van der Waals surface area contributed by atoms with E-state index in [1.807, 2.05) is 11.9 Å². The van der Waals surface area contributed by atoms with Crippen LogP contribution in [0.25, 0.3) is 0 Å². The minimum Gasteiger partial charge on any atom is -0.337 e. The number of aromatic nitrogens is 1. The first-order valence-electron chi connectivity index (χ1n) is 6.34. The maximum absolute atomic E-state index is 12.2. The Balaban J connectivity index is 1.97. The molecule has 98 valence electrons. The third-order valence-electron chi connectivity index (χ3n) is 3.39. The van der Waals surface area contributed by atoms with E-state index in [0.717, 1.165) is 32.5 Å². The molecule has 0 saturated carbocycles. The number of carbonyl (C=O) groups is 1. The minimum atomic E-state index is -0.231. The van der Waals surface area contributed by atoms with Crippen LogP contribution in [-0.2, 0) is 0 Å². The standard InChI is InChI=1S/C13H19N3O2/c1-14-9-10-5-7-16(8-6-10)13(18)11-3-2-4-12(17)15-11/h2-4,10,14H,5-9H2,1H3,(H,15,17). The third kappa shape index (κ3) is 2.98. The summed E-state index contributed by atoms with van der Waals surface area (Å²) in [6.07, 6.45) is 2.04. The van der Waals surface area contributed by atoms with E-state index < -0.39 is 0 Å². The molecule has 1 aliphatic heterocycles. The summed E-state index contributed by atoms with van der Waals surface area (Å²) in [6, 6.07) is 4.68. The Morgan fingerprint density at radius 1 is 1.44 bits per heavy atom. The number of H-pyrrole nitrogens is 1. The summed E-state index contributed by atoms with van der Waals surface area (Å²) in [5.41, 5.74) is 0.153. The summed E-state index contributed by atoms with van der Waals surface area (Å²) >= 11 is 0. The topological polar surface area (TPSA) is 65.2 Å². The van der Waals surface area contributed by atoms with Crippen molar-refractivity contribution in [2.45, 2.75) is 12.8 Å². The summed E-state index contributed by atoms with van der Waals surface area (Å²) in [5.74, 6) is 0.574. The lowest BCUT2D eigenvalue weighted by Gasteiger charge is -2.31. The number of amides is 1. The van der Waals surface area contributed by atoms with Crippen LogP contribution in [-0.4, -0.2) is 42.5 Å². The molecule has 0 unspecified atom stereocenters. The molecule has 0 radical (unpaired) electrons. The van der Waals surface area contributed by atoms with Gasteiger partial charge >= 0.3 is 0 Å². The van der Waals surface area contributed by atoms with Crippen molar-refractivity contribution in [3.8, 4) is 0 Å². The molecule has 5 heteroatoms. The number of rotatable bonds is 3. The average Bonchev–Trinajstić information content (AvgIpc) is 2.39. The molecule has 5 nitrogen and oxygen atoms in total. The van der Waals surface area contributed by atoms with Crippen molar-refractivity contribution >= 4 is 5.91 Å². The molecule has 1 aromatic rings. The zero-order valence-electron chi connectivity index (χ0n) is 10.6. The SMILES string of the molecule is CNCC1CCN(C(=O)c2cccc(=O)[nH]2)CC1. The maximum Gasteiger partial charge on any atom is 0.270 e. The Labute approximate surface area is 106 Å². The van der Waals surface area contributed by atoms with Gasteiger partial charge in [-0.25, -0.2) is 0 Å². The molecule has 1 fully saturated rings. The van der Waals surface area contributed by atoms with Crippen LogP contribution in [0.1, 0.15) is 23.3 Å². The summed E-state index contributed by atoms with van der Waals surface area (Å²) < 4.78 is 0. The number of hydrogen-bond donors (Lipinski definition) is 2. The van der Waals surface area contributed by atoms with E-state index in [2.05, 4.69) is 10.3 Å². The molecule has 0 atom stereocenters. The van der Waals surface area contributed by atoms with E-state index >= 15 is 0 Å². The van der Waals surface area contributed by atoms with Crippen molar-refractivity contribution in [1.29, 1.82) is 0 Å². The fraction of sp³-hybridized carbons (Fsp3) is 0.538. The Hall–Kier alpha value is -1.62. The average molecular weight is 249 g/mol. The van der Waals surface area contributed by atoms with Crippen molar-refractivity contribution < 1.29 is 4.79 Å². The van der Waals surface area contributed by atoms with E-state index in [1.54, 1.807) is 12.1 Å². The Kier molecular flexibility index (Phi) is 4.15. The first-order chi connectivity index (χ1) is 8.70. The molecule has 0 aromatic carbocycles. The van der Waals surface area contributed by atoms with Crippen molar-refractivity contribution in [3.63, 3.8) is 0 Å². The first-order valence-corrected chi connectivity index (χ1v) is 6.34. The van der Waals surface area contributed by atoms with Crippen LogP contribution in [0.15, 0.2) is 23.0 Å². The Morgan fingerprint density at radius 3 is 2.78 bits per heavy atom. The Morgan fingerprint density at radius 2 is 2.17 bits per heavy atom. The largest absolute Gasteiger partial charge is 0.337 e. The number of pyridine rings is 1. The van der Waals surface area contributed by atoms with Gasteiger partial charge in [-0.05, 0) is 38.4 Å². The highest BCUT2D eigenvalue weighted by Gasteiger charge is 2.23. The number of carbonyl (C=O) groups excluding carboxylic acids is 1. The van der Waals surface area contributed by atoms with Gasteiger partial charge in [-0.15, -0.1) is 0 Å². The summed E-state index contributed by atoms with van der Waals surface area (Å²) in [6.45, 7) is 2.54. The fourth-order valence-electron chi connectivity index (χ4n) is 2.37. The fourth-order valence-corrected chi connectivity index (χ4v) is 2.37. The molecular formula is C13H19N3O2. The van der Waals surface area contributed by atoms with Crippen molar-refractivity contribution in [3.05, 3.63) is 34.2 Å². The van der Waals surface area contributed by atoms with Gasteiger partial charge < -0.3 is 15.2 Å². The van der Waals surface area contributed by atoms with Gasteiger partial charge in [0.2, 0.25) is 5.56 Å². The molecule has 0 bridgehead atoms. The van der Waals surface area contributed by atoms with Crippen LogP contribution in [0.4, 0.5) is 0 Å². The molecule has 0 aliphatic carbocycles. The van der Waals surface area contributed by atoms with Crippen molar-refractivity contribution in [1.82, 2.24) is 15.2 Å². The minimum absolute atomic E-state index is 0.0735. The number of piperidine rings is 1. The predicted octanol–water partition coefficient (Wildman–Crippen LogP) is 0.446. The molecule has 0 spiro atoms. The summed E-state index contributed by atoms with van der Waals surface area (Å²) in [4.78, 5) is 27.7. The Bertz CT molecular complexity index is 461. The monoisotopic (exact) mass is 249 g/mol. The molecule has 1 saturated heterocycles. The first kappa shape index (κ1) is 12.8. The van der Waals surface area contributed by atoms with Gasteiger partial charge in [0.25, 0.3) is 5.91 Å². The van der Waals surface area contributed by atoms with Gasteiger partial charge in [0.05, 0.1) is 0 Å². The van der Waals surface area contributed by atoms with Gasteiger partial charge in [0.1, 0.15) is 5.69 Å². The van der Waals surface area contributed by atoms with Crippen LogP contribution < -0.4 is 10.9 Å². The molecular weight excluding hydrogens is 230 g/mol. The highest BCUT2D eigenvalue weighted by Crippen LogP contribution is 2.17. The molecule has 1 aliphatic rings. The van der Waals surface area contributed by atoms with Crippen LogP contribution in [0.5, 0.6) is 0 Å². The van der Waals surface area contributed by atoms with Crippen LogP contribution in [0.2, 0.25) is 0 Å². The van der Waals surface area contributed by atoms with Crippen LogP contribution in [0, 0.1) is 5.92 Å². The van der Waals surface area contributed by atoms with Gasteiger partial charge in [-0.3, -0.25) is 9.59 Å². The summed E-state index contributed by atoms with van der Waals surface area (Å²) in [5, 5.41) is 3.17. The second kappa shape index (κ2) is 5.82. The second-order valence-electron chi connectivity index (χ2n) is 4.72. The highest BCUT2D eigenvalue weighted by molar-refractivity contribution is 5.92. The van der Waals surface area contributed by atoms with Crippen molar-refractivity contribution in [2.24, 2.45) is 5.92 Å². The zero-order valence-corrected chi connectivity index (χ0v) is 10.6. The molecule has 1 amide bonds. The van der Waals surface area contributed by atoms with Gasteiger partial charge in [0, 0.05) is 19.2 Å². The van der Waals surface area contributed by atoms with Gasteiger partial charge in [-0.2, -0.15) is 0 Å². The second-order valence-corrected chi connectivity index (χ2v) is 4.72. The summed E-state index contributed by atoms with van der Waals surface area (Å²) in [7, 11) is 1.95. The third-order valence-corrected chi connectivity index (χ3v) is 3.39. The lowest BCUT2D eigenvalue weighted by Crippen LogP contribution is -2.41. The van der Waals surface area contributed by atoms with E-state index in [9.17, 15) is 9.59 Å². The highest BCUT2D eigenvalue weighted by atomic mass is 16.2. The van der Waals surface area contributed by atoms with Crippen molar-refractivity contribution in [2.75, 3.05) is 26.7 Å². The quantitative estimate of drug-likeness (QED) is 0.817. The van der Waals surface area contributed by atoms with Gasteiger partial charge in [0.15, 0.2) is 0 Å². The van der Waals surface area contributed by atoms with E-state index in [0.29, 0.717) is 11.6 Å². The lowest BCUT2D eigenvalue weighted by atomic mass is 9.96. The molecule has 2 N–H and O–H groups in total. The number of nitrogens with one attached hydrogen (secondary N) is 2. The van der Waals surface area contributed by atoms with Crippen LogP contribution in [0.3, 0.4) is 0 Å². The maximum atomic E-state index is 12.2. The number of likely N-dealkylation sites (tertiary alicyclic amines) is 1. The molecule has 18 heavy (non-hydrogen) atoms. The molecule has 2 heterocycles. The molecule has 2 rings (SSSR count). The van der Waals surface area contributed by atoms with E-state index in [-0.39, 0.29) is 11.5 Å². The smallest absolute Gasteiger partial charge is 0.270 e. The number of aromatic amines is 1. The van der Waals surface area contributed by atoms with Crippen LogP contribution >= 0.6 is 0 Å². The normalized spacial score (nSPS) is 16.8. The van der Waals surface area contributed by atoms with E-state index in [4.69, 9.17) is 0 Å². The number of hydrogen-bond acceptors (Lipinski definition) is 3. The number of nitrogens with zero attached hydrogens (tertiary/aromatic N) is 1. The predicted molar refractivity (Wildman–Crippen MR) is 69.6 cm³/mol.